The molecule has 0 spiro atoms. The largest absolute Gasteiger partial charge is 0.377 e. The van der Waals surface area contributed by atoms with Gasteiger partial charge in [-0.2, -0.15) is 0 Å². The highest BCUT2D eigenvalue weighted by molar-refractivity contribution is 5.27. The van der Waals surface area contributed by atoms with E-state index < -0.39 is 0 Å². The molecule has 0 radical (unpaired) electrons. The molecule has 1 fully saturated rings. The number of likely N-dealkylation sites (N-methyl/N-ethyl adjacent to an activating group) is 2. The molecule has 1 aliphatic heterocycles. The van der Waals surface area contributed by atoms with Crippen molar-refractivity contribution in [3.05, 3.63) is 35.4 Å². The Labute approximate surface area is 123 Å². The fraction of sp³-hybridized carbons (Fsp3) is 0.647. The first-order valence-electron chi connectivity index (χ1n) is 7.87. The van der Waals surface area contributed by atoms with Crippen LogP contribution in [0.3, 0.4) is 0 Å². The van der Waals surface area contributed by atoms with Gasteiger partial charge in [0.15, 0.2) is 0 Å². The number of nitrogens with zero attached hydrogens (tertiary/aromatic N) is 1. The number of nitrogens with one attached hydrogen (secondary N) is 1. The Kier molecular flexibility index (Phi) is 6.51. The third-order valence-electron chi connectivity index (χ3n) is 3.92. The van der Waals surface area contributed by atoms with Gasteiger partial charge < -0.3 is 10.1 Å². The Morgan fingerprint density at radius 3 is 2.80 bits per heavy atom. The molecule has 0 aromatic heterocycles. The summed E-state index contributed by atoms with van der Waals surface area (Å²) in [5, 5.41) is 3.40. The molecule has 0 amide bonds. The van der Waals surface area contributed by atoms with Crippen LogP contribution in [-0.2, 0) is 17.7 Å². The van der Waals surface area contributed by atoms with E-state index >= 15 is 0 Å². The average molecular weight is 276 g/mol. The Morgan fingerprint density at radius 1 is 1.30 bits per heavy atom. The quantitative estimate of drug-likeness (QED) is 0.738. The van der Waals surface area contributed by atoms with Gasteiger partial charge >= 0.3 is 0 Å². The molecule has 1 aromatic carbocycles. The van der Waals surface area contributed by atoms with Crippen molar-refractivity contribution in [2.24, 2.45) is 0 Å². The molecule has 3 heteroatoms. The monoisotopic (exact) mass is 276 g/mol. The van der Waals surface area contributed by atoms with E-state index in [2.05, 4.69) is 48.5 Å². The van der Waals surface area contributed by atoms with E-state index in [1.165, 1.54) is 24.0 Å². The minimum atomic E-state index is 0.439. The first-order valence-corrected chi connectivity index (χ1v) is 7.87. The topological polar surface area (TPSA) is 24.5 Å². The highest BCUT2D eigenvalue weighted by Gasteiger charge is 2.17. The highest BCUT2D eigenvalue weighted by Crippen LogP contribution is 2.16. The van der Waals surface area contributed by atoms with Gasteiger partial charge in [-0.25, -0.2) is 0 Å². The maximum absolute atomic E-state index is 5.72. The Balaban J connectivity index is 1.86. The Hall–Kier alpha value is -0.900. The first kappa shape index (κ1) is 15.5. The SMILES string of the molecule is CCNCCc1ccccc1CN(C)CC1CCCO1. The molecule has 1 aliphatic rings. The number of benzene rings is 1. The molecule has 1 unspecified atom stereocenters. The molecule has 1 atom stereocenters. The van der Waals surface area contributed by atoms with Gasteiger partial charge in [-0.3, -0.25) is 4.90 Å². The van der Waals surface area contributed by atoms with Crippen molar-refractivity contribution in [3.63, 3.8) is 0 Å². The molecule has 0 bridgehead atoms. The van der Waals surface area contributed by atoms with Crippen molar-refractivity contribution in [2.75, 3.05) is 33.3 Å². The Bertz CT molecular complexity index is 388. The zero-order valence-electron chi connectivity index (χ0n) is 12.9. The minimum absolute atomic E-state index is 0.439. The molecule has 1 saturated heterocycles. The maximum atomic E-state index is 5.72. The molecule has 0 saturated carbocycles. The maximum Gasteiger partial charge on any atom is 0.0702 e. The molecular weight excluding hydrogens is 248 g/mol. The van der Waals surface area contributed by atoms with E-state index in [0.29, 0.717) is 6.10 Å². The second-order valence-corrected chi connectivity index (χ2v) is 5.70. The normalized spacial score (nSPS) is 18.9. The van der Waals surface area contributed by atoms with E-state index in [9.17, 15) is 0 Å². The summed E-state index contributed by atoms with van der Waals surface area (Å²) in [6.45, 7) is 7.26. The fourth-order valence-corrected chi connectivity index (χ4v) is 2.85. The van der Waals surface area contributed by atoms with Gasteiger partial charge in [-0.15, -0.1) is 0 Å². The van der Waals surface area contributed by atoms with E-state index in [1.54, 1.807) is 0 Å². The molecule has 20 heavy (non-hydrogen) atoms. The lowest BCUT2D eigenvalue weighted by molar-refractivity contribution is 0.0792. The number of hydrogen-bond acceptors (Lipinski definition) is 3. The van der Waals surface area contributed by atoms with Crippen LogP contribution in [0.4, 0.5) is 0 Å². The van der Waals surface area contributed by atoms with Crippen LogP contribution in [0.25, 0.3) is 0 Å². The van der Waals surface area contributed by atoms with Crippen LogP contribution < -0.4 is 5.32 Å². The van der Waals surface area contributed by atoms with E-state index in [0.717, 1.165) is 39.2 Å². The summed E-state index contributed by atoms with van der Waals surface area (Å²) in [5.74, 6) is 0. The van der Waals surface area contributed by atoms with Crippen LogP contribution in [0, 0.1) is 0 Å². The third-order valence-corrected chi connectivity index (χ3v) is 3.92. The summed E-state index contributed by atoms with van der Waals surface area (Å²) in [7, 11) is 2.20. The van der Waals surface area contributed by atoms with Crippen molar-refractivity contribution in [1.82, 2.24) is 10.2 Å². The van der Waals surface area contributed by atoms with E-state index in [1.807, 2.05) is 0 Å². The molecule has 1 N–H and O–H groups in total. The zero-order valence-corrected chi connectivity index (χ0v) is 12.9. The zero-order chi connectivity index (χ0) is 14.2. The summed E-state index contributed by atoms with van der Waals surface area (Å²) in [6, 6.07) is 8.80. The van der Waals surface area contributed by atoms with E-state index in [-0.39, 0.29) is 0 Å². The van der Waals surface area contributed by atoms with Crippen molar-refractivity contribution in [2.45, 2.75) is 38.8 Å². The van der Waals surface area contributed by atoms with E-state index in [4.69, 9.17) is 4.74 Å². The molecule has 0 aliphatic carbocycles. The lowest BCUT2D eigenvalue weighted by Gasteiger charge is -2.22. The van der Waals surface area contributed by atoms with Crippen molar-refractivity contribution < 1.29 is 4.74 Å². The van der Waals surface area contributed by atoms with Gasteiger partial charge in [0.25, 0.3) is 0 Å². The van der Waals surface area contributed by atoms with Crippen LogP contribution >= 0.6 is 0 Å². The number of hydrogen-bond donors (Lipinski definition) is 1. The number of ether oxygens (including phenoxy) is 1. The molecule has 112 valence electrons. The fourth-order valence-electron chi connectivity index (χ4n) is 2.85. The predicted molar refractivity (Wildman–Crippen MR) is 84.0 cm³/mol. The summed E-state index contributed by atoms with van der Waals surface area (Å²) >= 11 is 0. The summed E-state index contributed by atoms with van der Waals surface area (Å²) < 4.78 is 5.72. The minimum Gasteiger partial charge on any atom is -0.377 e. The third kappa shape index (κ3) is 4.89. The Morgan fingerprint density at radius 2 is 2.10 bits per heavy atom. The van der Waals surface area contributed by atoms with Gasteiger partial charge in [0, 0.05) is 19.7 Å². The summed E-state index contributed by atoms with van der Waals surface area (Å²) in [6.07, 6.45) is 3.98. The second-order valence-electron chi connectivity index (χ2n) is 5.70. The van der Waals surface area contributed by atoms with Crippen molar-refractivity contribution in [1.29, 1.82) is 0 Å². The highest BCUT2D eigenvalue weighted by atomic mass is 16.5. The van der Waals surface area contributed by atoms with Gasteiger partial charge in [-0.1, -0.05) is 31.2 Å². The van der Waals surface area contributed by atoms with Crippen LogP contribution in [0.5, 0.6) is 0 Å². The predicted octanol–water partition coefficient (Wildman–Crippen LogP) is 2.45. The van der Waals surface area contributed by atoms with Crippen LogP contribution in [-0.4, -0.2) is 44.3 Å². The lowest BCUT2D eigenvalue weighted by atomic mass is 10.0. The lowest BCUT2D eigenvalue weighted by Crippen LogP contribution is -2.28. The van der Waals surface area contributed by atoms with Crippen molar-refractivity contribution >= 4 is 0 Å². The molecule has 2 rings (SSSR count). The van der Waals surface area contributed by atoms with Gasteiger partial charge in [0.05, 0.1) is 6.10 Å². The molecule has 1 heterocycles. The van der Waals surface area contributed by atoms with Gasteiger partial charge in [0.2, 0.25) is 0 Å². The standard InChI is InChI=1S/C17H28N2O/c1-3-18-11-10-15-7-4-5-8-16(15)13-19(2)14-17-9-6-12-20-17/h4-5,7-8,17-18H,3,6,9-14H2,1-2H3. The first-order chi connectivity index (χ1) is 9.79. The summed E-state index contributed by atoms with van der Waals surface area (Å²) in [5.41, 5.74) is 2.92. The van der Waals surface area contributed by atoms with Crippen LogP contribution in [0.1, 0.15) is 30.9 Å². The molecule has 1 aromatic rings. The second kappa shape index (κ2) is 8.40. The molecular formula is C17H28N2O. The van der Waals surface area contributed by atoms with Crippen LogP contribution in [0.2, 0.25) is 0 Å². The summed E-state index contributed by atoms with van der Waals surface area (Å²) in [4.78, 5) is 2.39. The van der Waals surface area contributed by atoms with Crippen molar-refractivity contribution in [3.8, 4) is 0 Å². The van der Waals surface area contributed by atoms with Gasteiger partial charge in [-0.05, 0) is 50.5 Å². The van der Waals surface area contributed by atoms with Gasteiger partial charge in [0.1, 0.15) is 0 Å². The smallest absolute Gasteiger partial charge is 0.0702 e. The van der Waals surface area contributed by atoms with Crippen LogP contribution in [0.15, 0.2) is 24.3 Å². The molecule has 3 nitrogen and oxygen atoms in total. The average Bonchev–Trinajstić information content (AvgIpc) is 2.93. The number of rotatable bonds is 8.